The lowest BCUT2D eigenvalue weighted by Crippen LogP contribution is -2.40. The Hall–Kier alpha value is -0.620. The van der Waals surface area contributed by atoms with Crippen LogP contribution in [0.2, 0.25) is 0 Å². The minimum Gasteiger partial charge on any atom is -0.355 e. The molecule has 1 aliphatic carbocycles. The van der Waals surface area contributed by atoms with Gasteiger partial charge in [-0.05, 0) is 12.8 Å². The van der Waals surface area contributed by atoms with Crippen molar-refractivity contribution >= 4 is 15.7 Å². The highest BCUT2D eigenvalue weighted by molar-refractivity contribution is 7.91. The maximum atomic E-state index is 11.6. The van der Waals surface area contributed by atoms with Crippen LogP contribution in [0.5, 0.6) is 0 Å². The lowest BCUT2D eigenvalue weighted by molar-refractivity contribution is -0.125. The first-order valence-corrected chi connectivity index (χ1v) is 7.52. The Morgan fingerprint density at radius 2 is 2.12 bits per heavy atom. The van der Waals surface area contributed by atoms with Crippen LogP contribution in [0.4, 0.5) is 0 Å². The van der Waals surface area contributed by atoms with E-state index in [9.17, 15) is 13.2 Å². The summed E-state index contributed by atoms with van der Waals surface area (Å²) in [5.41, 5.74) is 5.78. The molecule has 0 aromatic rings. The first kappa shape index (κ1) is 13.4. The van der Waals surface area contributed by atoms with Gasteiger partial charge in [0.25, 0.3) is 0 Å². The van der Waals surface area contributed by atoms with Crippen LogP contribution in [0.1, 0.15) is 26.2 Å². The minimum absolute atomic E-state index is 0.0111. The van der Waals surface area contributed by atoms with Gasteiger partial charge in [-0.1, -0.05) is 13.3 Å². The van der Waals surface area contributed by atoms with Crippen molar-refractivity contribution in [3.8, 4) is 0 Å². The Bertz CT molecular complexity index is 340. The van der Waals surface area contributed by atoms with Crippen LogP contribution >= 0.6 is 0 Å². The van der Waals surface area contributed by atoms with Crippen LogP contribution in [-0.4, -0.2) is 38.4 Å². The molecule has 1 amide bonds. The lowest BCUT2D eigenvalue weighted by Gasteiger charge is -2.14. The van der Waals surface area contributed by atoms with Crippen molar-refractivity contribution in [3.63, 3.8) is 0 Å². The summed E-state index contributed by atoms with van der Waals surface area (Å²) >= 11 is 0. The molecule has 0 spiro atoms. The van der Waals surface area contributed by atoms with E-state index in [0.29, 0.717) is 0 Å². The topological polar surface area (TPSA) is 89.3 Å². The number of carbonyl (C=O) groups excluding carboxylic acids is 1. The first-order valence-electron chi connectivity index (χ1n) is 5.70. The molecule has 6 heteroatoms. The fourth-order valence-electron chi connectivity index (χ4n) is 1.92. The maximum Gasteiger partial charge on any atom is 0.224 e. The number of hydrogen-bond acceptors (Lipinski definition) is 4. The van der Waals surface area contributed by atoms with E-state index < -0.39 is 9.84 Å². The van der Waals surface area contributed by atoms with Crippen LogP contribution in [-0.2, 0) is 14.6 Å². The van der Waals surface area contributed by atoms with Crippen LogP contribution in [0.25, 0.3) is 0 Å². The van der Waals surface area contributed by atoms with Crippen molar-refractivity contribution in [2.75, 3.05) is 18.1 Å². The number of carbonyl (C=O) groups is 1. The third kappa shape index (κ3) is 3.75. The highest BCUT2D eigenvalue weighted by Crippen LogP contribution is 2.23. The Kier molecular flexibility index (Phi) is 4.73. The average Bonchev–Trinajstić information content (AvgIpc) is 2.64. The van der Waals surface area contributed by atoms with Gasteiger partial charge in [-0.25, -0.2) is 8.42 Å². The zero-order valence-electron chi connectivity index (χ0n) is 9.61. The number of hydrogen-bond donors (Lipinski definition) is 2. The molecular weight excluding hydrogens is 228 g/mol. The standard InChI is InChI=1S/C10H20N2O3S/c1-2-16(14,15)7-6-12-10(13)8-4-3-5-9(8)11/h8-9H,2-7,11H2,1H3,(H,12,13). The predicted molar refractivity (Wildman–Crippen MR) is 62.7 cm³/mol. The molecule has 1 fully saturated rings. The molecule has 0 bridgehead atoms. The van der Waals surface area contributed by atoms with Gasteiger partial charge in [-0.3, -0.25) is 4.79 Å². The number of rotatable bonds is 5. The van der Waals surface area contributed by atoms with Gasteiger partial charge in [-0.2, -0.15) is 0 Å². The van der Waals surface area contributed by atoms with Gasteiger partial charge in [0.2, 0.25) is 5.91 Å². The van der Waals surface area contributed by atoms with Crippen LogP contribution in [0, 0.1) is 5.92 Å². The fraction of sp³-hybridized carbons (Fsp3) is 0.900. The summed E-state index contributed by atoms with van der Waals surface area (Å²) in [6, 6.07) is -0.0669. The van der Waals surface area contributed by atoms with Gasteiger partial charge < -0.3 is 11.1 Å². The van der Waals surface area contributed by atoms with Gasteiger partial charge in [0.15, 0.2) is 9.84 Å². The molecule has 2 atom stereocenters. The van der Waals surface area contributed by atoms with E-state index >= 15 is 0 Å². The SMILES string of the molecule is CCS(=O)(=O)CCNC(=O)C1CCCC1N. The van der Waals surface area contributed by atoms with Gasteiger partial charge in [0, 0.05) is 18.3 Å². The highest BCUT2D eigenvalue weighted by Gasteiger charge is 2.29. The van der Waals surface area contributed by atoms with Crippen LogP contribution in [0.15, 0.2) is 0 Å². The highest BCUT2D eigenvalue weighted by atomic mass is 32.2. The van der Waals surface area contributed by atoms with Crippen molar-refractivity contribution in [1.29, 1.82) is 0 Å². The van der Waals surface area contributed by atoms with Crippen LogP contribution in [0.3, 0.4) is 0 Å². The molecular formula is C10H20N2O3S. The van der Waals surface area contributed by atoms with E-state index in [2.05, 4.69) is 5.32 Å². The van der Waals surface area contributed by atoms with E-state index in [1.165, 1.54) is 0 Å². The number of nitrogens with one attached hydrogen (secondary N) is 1. The van der Waals surface area contributed by atoms with E-state index in [0.717, 1.165) is 19.3 Å². The minimum atomic E-state index is -3.00. The molecule has 94 valence electrons. The molecule has 0 heterocycles. The van der Waals surface area contributed by atoms with Crippen LogP contribution < -0.4 is 11.1 Å². The quantitative estimate of drug-likeness (QED) is 0.697. The monoisotopic (exact) mass is 248 g/mol. The predicted octanol–water partition coefficient (Wildman–Crippen LogP) is -0.335. The summed E-state index contributed by atoms with van der Waals surface area (Å²) in [6.45, 7) is 1.79. The second kappa shape index (κ2) is 5.63. The Morgan fingerprint density at radius 1 is 1.44 bits per heavy atom. The molecule has 5 nitrogen and oxygen atoms in total. The molecule has 1 saturated carbocycles. The summed E-state index contributed by atoms with van der Waals surface area (Å²) in [4.78, 5) is 11.6. The first-order chi connectivity index (χ1) is 7.46. The van der Waals surface area contributed by atoms with E-state index in [-0.39, 0.29) is 35.9 Å². The maximum absolute atomic E-state index is 11.6. The van der Waals surface area contributed by atoms with E-state index in [4.69, 9.17) is 5.73 Å². The molecule has 1 rings (SSSR count). The lowest BCUT2D eigenvalue weighted by atomic mass is 10.0. The fourth-order valence-corrected chi connectivity index (χ4v) is 2.62. The van der Waals surface area contributed by atoms with Gasteiger partial charge in [0.05, 0.1) is 11.7 Å². The number of nitrogens with two attached hydrogens (primary N) is 1. The second-order valence-corrected chi connectivity index (χ2v) is 6.70. The van der Waals surface area contributed by atoms with E-state index in [1.54, 1.807) is 6.92 Å². The zero-order chi connectivity index (χ0) is 12.2. The summed E-state index contributed by atoms with van der Waals surface area (Å²) < 4.78 is 22.4. The summed E-state index contributed by atoms with van der Waals surface area (Å²) in [6.07, 6.45) is 2.67. The molecule has 0 aromatic carbocycles. The zero-order valence-corrected chi connectivity index (χ0v) is 10.4. The van der Waals surface area contributed by atoms with Crippen molar-refractivity contribution in [2.24, 2.45) is 11.7 Å². The summed E-state index contributed by atoms with van der Waals surface area (Å²) in [5, 5.41) is 2.65. The Labute approximate surface area is 96.7 Å². The molecule has 0 radical (unpaired) electrons. The van der Waals surface area contributed by atoms with Crippen molar-refractivity contribution in [3.05, 3.63) is 0 Å². The van der Waals surface area contributed by atoms with Crippen molar-refractivity contribution < 1.29 is 13.2 Å². The smallest absolute Gasteiger partial charge is 0.224 e. The van der Waals surface area contributed by atoms with Gasteiger partial charge in [0.1, 0.15) is 0 Å². The van der Waals surface area contributed by atoms with Crippen molar-refractivity contribution in [2.45, 2.75) is 32.2 Å². The molecule has 1 aliphatic rings. The van der Waals surface area contributed by atoms with Gasteiger partial charge in [-0.15, -0.1) is 0 Å². The average molecular weight is 248 g/mol. The molecule has 0 saturated heterocycles. The Morgan fingerprint density at radius 3 is 2.62 bits per heavy atom. The number of sulfone groups is 1. The number of amides is 1. The molecule has 3 N–H and O–H groups in total. The normalized spacial score (nSPS) is 25.6. The summed E-state index contributed by atoms with van der Waals surface area (Å²) in [5.74, 6) is -0.108. The Balaban J connectivity index is 2.30. The molecule has 16 heavy (non-hydrogen) atoms. The van der Waals surface area contributed by atoms with Gasteiger partial charge >= 0.3 is 0 Å². The molecule has 2 unspecified atom stereocenters. The van der Waals surface area contributed by atoms with Crippen molar-refractivity contribution in [1.82, 2.24) is 5.32 Å². The summed E-state index contributed by atoms with van der Waals surface area (Å²) in [7, 11) is -3.00. The molecule has 0 aromatic heterocycles. The third-order valence-corrected chi connectivity index (χ3v) is 4.76. The third-order valence-electron chi connectivity index (χ3n) is 3.06. The molecule has 0 aliphatic heterocycles. The van der Waals surface area contributed by atoms with E-state index in [1.807, 2.05) is 0 Å². The second-order valence-electron chi connectivity index (χ2n) is 4.23. The largest absolute Gasteiger partial charge is 0.355 e.